The fourth-order valence-electron chi connectivity index (χ4n) is 2.49. The van der Waals surface area contributed by atoms with Crippen LogP contribution >= 0.6 is 0 Å². The summed E-state index contributed by atoms with van der Waals surface area (Å²) in [5.41, 5.74) is 3.39. The first-order valence-corrected chi connectivity index (χ1v) is 7.53. The molecule has 0 spiro atoms. The lowest BCUT2D eigenvalue weighted by molar-refractivity contribution is -0.673. The van der Waals surface area contributed by atoms with Crippen LogP contribution in [0.5, 0.6) is 5.75 Å². The Hall–Kier alpha value is -2.88. The van der Waals surface area contributed by atoms with E-state index < -0.39 is 0 Å². The van der Waals surface area contributed by atoms with E-state index in [1.54, 1.807) is 13.3 Å². The van der Waals surface area contributed by atoms with Gasteiger partial charge in [-0.3, -0.25) is 4.68 Å². The quantitative estimate of drug-likeness (QED) is 0.679. The van der Waals surface area contributed by atoms with E-state index in [2.05, 4.69) is 40.0 Å². The first kappa shape index (κ1) is 15.0. The molecule has 116 valence electrons. The van der Waals surface area contributed by atoms with Gasteiger partial charge in [-0.25, -0.2) is 4.57 Å². The van der Waals surface area contributed by atoms with Crippen LogP contribution in [0.15, 0.2) is 61.1 Å². The van der Waals surface area contributed by atoms with Gasteiger partial charge in [0.05, 0.1) is 13.7 Å². The minimum Gasteiger partial charge on any atom is -0.496 e. The Bertz CT molecular complexity index is 807. The van der Waals surface area contributed by atoms with Gasteiger partial charge in [-0.05, 0) is 35.9 Å². The fraction of sp³-hybridized carbons (Fsp3) is 0.158. The number of ether oxygens (including phenoxy) is 1. The van der Waals surface area contributed by atoms with Crippen LogP contribution in [-0.4, -0.2) is 16.9 Å². The van der Waals surface area contributed by atoms with Crippen LogP contribution in [0.4, 0.5) is 0 Å². The van der Waals surface area contributed by atoms with Crippen molar-refractivity contribution >= 4 is 12.2 Å². The van der Waals surface area contributed by atoms with Crippen molar-refractivity contribution in [2.75, 3.05) is 7.11 Å². The lowest BCUT2D eigenvalue weighted by atomic mass is 10.1. The minimum atomic E-state index is 0.691. The molecule has 0 saturated heterocycles. The largest absolute Gasteiger partial charge is 0.496 e. The summed E-state index contributed by atoms with van der Waals surface area (Å²) in [7, 11) is 3.73. The highest BCUT2D eigenvalue weighted by atomic mass is 16.5. The molecule has 0 radical (unpaired) electrons. The molecule has 0 bridgehead atoms. The van der Waals surface area contributed by atoms with Crippen LogP contribution in [0.2, 0.25) is 0 Å². The number of aryl methyl sites for hydroxylation is 1. The third-order valence-electron chi connectivity index (χ3n) is 3.74. The van der Waals surface area contributed by atoms with Crippen molar-refractivity contribution in [3.63, 3.8) is 0 Å². The Balaban J connectivity index is 1.87. The van der Waals surface area contributed by atoms with Crippen molar-refractivity contribution in [2.45, 2.75) is 6.54 Å². The fourth-order valence-corrected chi connectivity index (χ4v) is 2.49. The molecule has 0 amide bonds. The van der Waals surface area contributed by atoms with Gasteiger partial charge in [0.1, 0.15) is 12.8 Å². The summed E-state index contributed by atoms with van der Waals surface area (Å²) in [5.74, 6) is 0.878. The van der Waals surface area contributed by atoms with Gasteiger partial charge in [-0.2, -0.15) is 5.10 Å². The molecular weight excluding hydrogens is 286 g/mol. The molecule has 3 rings (SSSR count). The summed E-state index contributed by atoms with van der Waals surface area (Å²) >= 11 is 0. The number of benzene rings is 1. The van der Waals surface area contributed by atoms with Crippen molar-refractivity contribution in [1.82, 2.24) is 9.78 Å². The lowest BCUT2D eigenvalue weighted by Crippen LogP contribution is -2.30. The molecule has 2 aromatic heterocycles. The van der Waals surface area contributed by atoms with Gasteiger partial charge >= 0.3 is 0 Å². The molecule has 4 heteroatoms. The van der Waals surface area contributed by atoms with Crippen molar-refractivity contribution in [3.05, 3.63) is 77.9 Å². The van der Waals surface area contributed by atoms with E-state index >= 15 is 0 Å². The highest BCUT2D eigenvalue weighted by molar-refractivity contribution is 5.68. The molecule has 23 heavy (non-hydrogen) atoms. The lowest BCUT2D eigenvalue weighted by Gasteiger charge is -2.09. The van der Waals surface area contributed by atoms with Crippen LogP contribution < -0.4 is 9.30 Å². The number of hydrogen-bond donors (Lipinski definition) is 0. The smallest absolute Gasteiger partial charge is 0.204 e. The number of hydrogen-bond acceptors (Lipinski definition) is 2. The predicted molar refractivity (Wildman–Crippen MR) is 90.9 cm³/mol. The molecule has 0 N–H and O–H groups in total. The maximum atomic E-state index is 5.46. The summed E-state index contributed by atoms with van der Waals surface area (Å²) in [5, 5.41) is 4.26. The Morgan fingerprint density at radius 2 is 2.09 bits per heavy atom. The number of rotatable bonds is 5. The minimum absolute atomic E-state index is 0.691. The third kappa shape index (κ3) is 3.66. The molecule has 0 atom stereocenters. The molecule has 3 aromatic rings. The van der Waals surface area contributed by atoms with Gasteiger partial charge in [0, 0.05) is 36.2 Å². The van der Waals surface area contributed by atoms with Crippen LogP contribution in [0.1, 0.15) is 16.8 Å². The zero-order chi connectivity index (χ0) is 16.1. The van der Waals surface area contributed by atoms with Crippen LogP contribution in [0, 0.1) is 0 Å². The highest BCUT2D eigenvalue weighted by Crippen LogP contribution is 2.22. The summed E-state index contributed by atoms with van der Waals surface area (Å²) in [6.07, 6.45) is 10.00. The van der Waals surface area contributed by atoms with Gasteiger partial charge in [-0.1, -0.05) is 6.07 Å². The Labute approximate surface area is 136 Å². The number of aromatic nitrogens is 3. The highest BCUT2D eigenvalue weighted by Gasteiger charge is 2.05. The van der Waals surface area contributed by atoms with Gasteiger partial charge in [-0.15, -0.1) is 0 Å². The molecular formula is C19H20N3O+. The Kier molecular flexibility index (Phi) is 4.52. The molecule has 2 heterocycles. The number of pyridine rings is 1. The van der Waals surface area contributed by atoms with Crippen molar-refractivity contribution in [2.24, 2.45) is 7.05 Å². The van der Waals surface area contributed by atoms with Crippen LogP contribution in [0.25, 0.3) is 12.2 Å². The molecule has 0 unspecified atom stereocenters. The zero-order valence-electron chi connectivity index (χ0n) is 13.4. The second-order valence-electron chi connectivity index (χ2n) is 5.34. The van der Waals surface area contributed by atoms with Crippen LogP contribution in [-0.2, 0) is 13.6 Å². The van der Waals surface area contributed by atoms with E-state index in [9.17, 15) is 0 Å². The van der Waals surface area contributed by atoms with E-state index in [1.807, 2.05) is 48.4 Å². The summed E-state index contributed by atoms with van der Waals surface area (Å²) in [6.45, 7) is 0.691. The standard InChI is InChI=1S/C19H20N3O/c1-21-12-4-3-6-18(21)9-7-16-8-10-19(23-2)17(14-16)15-22-13-5-11-20-22/h3-14H,15H2,1-2H3/q+1/b9-7+. The number of nitrogens with zero attached hydrogens (tertiary/aromatic N) is 3. The normalized spacial score (nSPS) is 11.0. The average Bonchev–Trinajstić information content (AvgIpc) is 3.07. The molecule has 4 nitrogen and oxygen atoms in total. The molecule has 0 fully saturated rings. The Morgan fingerprint density at radius 1 is 1.17 bits per heavy atom. The monoisotopic (exact) mass is 306 g/mol. The maximum absolute atomic E-state index is 5.46. The van der Waals surface area contributed by atoms with Crippen LogP contribution in [0.3, 0.4) is 0 Å². The van der Waals surface area contributed by atoms with E-state index in [0.717, 1.165) is 22.6 Å². The molecule has 0 aliphatic rings. The first-order chi connectivity index (χ1) is 11.3. The molecule has 1 aromatic carbocycles. The van der Waals surface area contributed by atoms with Gasteiger partial charge in [0.25, 0.3) is 0 Å². The van der Waals surface area contributed by atoms with Gasteiger partial charge in [0.2, 0.25) is 5.69 Å². The maximum Gasteiger partial charge on any atom is 0.204 e. The zero-order valence-corrected chi connectivity index (χ0v) is 13.4. The SMILES string of the molecule is COc1ccc(/C=C/c2cccc[n+]2C)cc1Cn1cccn1. The topological polar surface area (TPSA) is 30.9 Å². The van der Waals surface area contributed by atoms with E-state index in [-0.39, 0.29) is 0 Å². The van der Waals surface area contributed by atoms with E-state index in [1.165, 1.54) is 0 Å². The van der Waals surface area contributed by atoms with Crippen molar-refractivity contribution < 1.29 is 9.30 Å². The molecule has 0 aliphatic heterocycles. The number of methoxy groups -OCH3 is 1. The van der Waals surface area contributed by atoms with Crippen molar-refractivity contribution in [1.29, 1.82) is 0 Å². The first-order valence-electron chi connectivity index (χ1n) is 7.53. The van der Waals surface area contributed by atoms with Crippen molar-refractivity contribution in [3.8, 4) is 5.75 Å². The van der Waals surface area contributed by atoms with Gasteiger partial charge < -0.3 is 4.74 Å². The third-order valence-corrected chi connectivity index (χ3v) is 3.74. The predicted octanol–water partition coefficient (Wildman–Crippen LogP) is 2.93. The summed E-state index contributed by atoms with van der Waals surface area (Å²) in [4.78, 5) is 0. The van der Waals surface area contributed by atoms with Gasteiger partial charge in [0.15, 0.2) is 6.20 Å². The summed E-state index contributed by atoms with van der Waals surface area (Å²) < 4.78 is 9.44. The van der Waals surface area contributed by atoms with E-state index in [0.29, 0.717) is 6.54 Å². The Morgan fingerprint density at radius 3 is 2.83 bits per heavy atom. The second kappa shape index (κ2) is 6.92. The summed E-state index contributed by atoms with van der Waals surface area (Å²) in [6, 6.07) is 14.3. The molecule has 0 saturated carbocycles. The average molecular weight is 306 g/mol. The molecule has 0 aliphatic carbocycles. The second-order valence-corrected chi connectivity index (χ2v) is 5.34. The van der Waals surface area contributed by atoms with E-state index in [4.69, 9.17) is 4.74 Å².